The van der Waals surface area contributed by atoms with Crippen LogP contribution in [-0.4, -0.2) is 17.1 Å². The number of fused-ring (bicyclic) bond motifs is 1. The van der Waals surface area contributed by atoms with Gasteiger partial charge in [0.05, 0.1) is 29.5 Å². The number of hydrogen-bond acceptors (Lipinski definition) is 3. The summed E-state index contributed by atoms with van der Waals surface area (Å²) in [5, 5.41) is 0.731. The molecular formula is C24H21ClN2O. The van der Waals surface area contributed by atoms with Crippen LogP contribution >= 0.6 is 11.6 Å². The molecule has 0 radical (unpaired) electrons. The molecule has 0 fully saturated rings. The Hall–Kier alpha value is -2.91. The first-order chi connectivity index (χ1) is 13.5. The summed E-state index contributed by atoms with van der Waals surface area (Å²) in [4.78, 5) is 9.97. The summed E-state index contributed by atoms with van der Waals surface area (Å²) in [6, 6.07) is 20.1. The van der Waals surface area contributed by atoms with Crippen LogP contribution < -0.4 is 4.74 Å². The molecule has 0 atom stereocenters. The molecule has 1 aromatic heterocycles. The van der Waals surface area contributed by atoms with E-state index in [9.17, 15) is 0 Å². The van der Waals surface area contributed by atoms with Crippen LogP contribution in [0.1, 0.15) is 22.4 Å². The Morgan fingerprint density at radius 3 is 2.04 bits per heavy atom. The molecule has 0 bridgehead atoms. The monoisotopic (exact) mass is 388 g/mol. The van der Waals surface area contributed by atoms with E-state index in [1.165, 1.54) is 11.1 Å². The highest BCUT2D eigenvalue weighted by molar-refractivity contribution is 6.30. The number of aryl methyl sites for hydroxylation is 2. The maximum Gasteiger partial charge on any atom is 0.118 e. The van der Waals surface area contributed by atoms with Gasteiger partial charge >= 0.3 is 0 Å². The third kappa shape index (κ3) is 3.71. The van der Waals surface area contributed by atoms with Crippen molar-refractivity contribution in [3.05, 3.63) is 88.1 Å². The summed E-state index contributed by atoms with van der Waals surface area (Å²) in [5.74, 6) is 0.822. The third-order valence-electron chi connectivity index (χ3n) is 5.00. The summed E-state index contributed by atoms with van der Waals surface area (Å²) >= 11 is 6.04. The Labute approximate surface area is 170 Å². The van der Waals surface area contributed by atoms with E-state index in [1.807, 2.05) is 48.5 Å². The number of benzene rings is 3. The summed E-state index contributed by atoms with van der Waals surface area (Å²) in [6.07, 6.45) is 0.689. The van der Waals surface area contributed by atoms with Crippen LogP contribution in [0.2, 0.25) is 5.02 Å². The van der Waals surface area contributed by atoms with Crippen molar-refractivity contribution in [3.63, 3.8) is 0 Å². The fourth-order valence-corrected chi connectivity index (χ4v) is 3.37. The molecular weight excluding hydrogens is 368 g/mol. The molecule has 28 heavy (non-hydrogen) atoms. The third-order valence-corrected chi connectivity index (χ3v) is 5.25. The predicted octanol–water partition coefficient (Wildman–Crippen LogP) is 6.17. The van der Waals surface area contributed by atoms with Crippen molar-refractivity contribution in [3.8, 4) is 17.0 Å². The SMILES string of the molecule is COc1ccc(-c2nc3cc(C)c(C)cc3nc2Cc2ccc(Cl)cc2)cc1. The largest absolute Gasteiger partial charge is 0.497 e. The highest BCUT2D eigenvalue weighted by Gasteiger charge is 2.13. The lowest BCUT2D eigenvalue weighted by molar-refractivity contribution is 0.415. The van der Waals surface area contributed by atoms with E-state index >= 15 is 0 Å². The zero-order valence-corrected chi connectivity index (χ0v) is 16.9. The maximum atomic E-state index is 6.04. The van der Waals surface area contributed by atoms with Gasteiger partial charge in [-0.25, -0.2) is 9.97 Å². The molecule has 3 nitrogen and oxygen atoms in total. The van der Waals surface area contributed by atoms with Crippen molar-refractivity contribution in [2.45, 2.75) is 20.3 Å². The van der Waals surface area contributed by atoms with Gasteiger partial charge in [-0.05, 0) is 79.1 Å². The van der Waals surface area contributed by atoms with Crippen molar-refractivity contribution >= 4 is 22.6 Å². The van der Waals surface area contributed by atoms with Crippen LogP contribution in [-0.2, 0) is 6.42 Å². The summed E-state index contributed by atoms with van der Waals surface area (Å²) in [5.41, 5.74) is 8.29. The highest BCUT2D eigenvalue weighted by Crippen LogP contribution is 2.28. The Morgan fingerprint density at radius 1 is 0.821 bits per heavy atom. The molecule has 0 saturated heterocycles. The van der Waals surface area contributed by atoms with E-state index < -0.39 is 0 Å². The Morgan fingerprint density at radius 2 is 1.43 bits per heavy atom. The Kier molecular flexibility index (Phi) is 5.01. The zero-order chi connectivity index (χ0) is 19.7. The van der Waals surface area contributed by atoms with E-state index in [0.29, 0.717) is 6.42 Å². The molecule has 4 aromatic rings. The summed E-state index contributed by atoms with van der Waals surface area (Å²) in [6.45, 7) is 4.21. The molecule has 140 valence electrons. The minimum absolute atomic E-state index is 0.689. The molecule has 1 heterocycles. The van der Waals surface area contributed by atoms with E-state index in [1.54, 1.807) is 7.11 Å². The van der Waals surface area contributed by atoms with Gasteiger partial charge in [-0.1, -0.05) is 23.7 Å². The number of rotatable bonds is 4. The molecule has 4 heteroatoms. The number of nitrogens with zero attached hydrogens (tertiary/aromatic N) is 2. The second kappa shape index (κ2) is 7.61. The van der Waals surface area contributed by atoms with E-state index in [0.717, 1.165) is 44.3 Å². The first kappa shape index (κ1) is 18.5. The van der Waals surface area contributed by atoms with Crippen molar-refractivity contribution in [1.29, 1.82) is 0 Å². The fourth-order valence-electron chi connectivity index (χ4n) is 3.25. The number of methoxy groups -OCH3 is 1. The molecule has 0 saturated carbocycles. The lowest BCUT2D eigenvalue weighted by atomic mass is 10.0. The quantitative estimate of drug-likeness (QED) is 0.419. The van der Waals surface area contributed by atoms with Crippen molar-refractivity contribution in [1.82, 2.24) is 9.97 Å². The minimum Gasteiger partial charge on any atom is -0.497 e. The summed E-state index contributed by atoms with van der Waals surface area (Å²) < 4.78 is 5.29. The smallest absolute Gasteiger partial charge is 0.118 e. The lowest BCUT2D eigenvalue weighted by Crippen LogP contribution is -2.01. The fraction of sp³-hybridized carbons (Fsp3) is 0.167. The van der Waals surface area contributed by atoms with Crippen LogP contribution in [0.4, 0.5) is 0 Å². The van der Waals surface area contributed by atoms with Gasteiger partial charge in [-0.15, -0.1) is 0 Å². The van der Waals surface area contributed by atoms with E-state index in [2.05, 4.69) is 26.0 Å². The van der Waals surface area contributed by atoms with Gasteiger partial charge in [-0.3, -0.25) is 0 Å². The second-order valence-electron chi connectivity index (χ2n) is 6.98. The van der Waals surface area contributed by atoms with E-state index in [-0.39, 0.29) is 0 Å². The topological polar surface area (TPSA) is 35.0 Å². The molecule has 0 aliphatic rings. The van der Waals surface area contributed by atoms with Gasteiger partial charge < -0.3 is 4.74 Å². The molecule has 0 unspecified atom stereocenters. The van der Waals surface area contributed by atoms with E-state index in [4.69, 9.17) is 26.3 Å². The zero-order valence-electron chi connectivity index (χ0n) is 16.2. The van der Waals surface area contributed by atoms with Crippen LogP contribution in [0.5, 0.6) is 5.75 Å². The van der Waals surface area contributed by atoms with Gasteiger partial charge in [0.2, 0.25) is 0 Å². The number of halogens is 1. The second-order valence-corrected chi connectivity index (χ2v) is 7.41. The average Bonchev–Trinajstić information content (AvgIpc) is 2.71. The van der Waals surface area contributed by atoms with Gasteiger partial charge in [0.1, 0.15) is 5.75 Å². The van der Waals surface area contributed by atoms with Gasteiger partial charge in [0.25, 0.3) is 0 Å². The molecule has 0 amide bonds. The van der Waals surface area contributed by atoms with Crippen LogP contribution in [0.3, 0.4) is 0 Å². The maximum absolute atomic E-state index is 6.04. The van der Waals surface area contributed by atoms with Crippen molar-refractivity contribution in [2.24, 2.45) is 0 Å². The van der Waals surface area contributed by atoms with Gasteiger partial charge in [0.15, 0.2) is 0 Å². The molecule has 0 spiro atoms. The Balaban J connectivity index is 1.87. The normalized spacial score (nSPS) is 11.0. The van der Waals surface area contributed by atoms with Crippen molar-refractivity contribution in [2.75, 3.05) is 7.11 Å². The standard InChI is InChI=1S/C24H21ClN2O/c1-15-12-21-22(13-16(15)2)27-24(18-6-10-20(28-3)11-7-18)23(26-21)14-17-4-8-19(25)9-5-17/h4-13H,14H2,1-3H3. The van der Waals surface area contributed by atoms with Crippen LogP contribution in [0, 0.1) is 13.8 Å². The highest BCUT2D eigenvalue weighted by atomic mass is 35.5. The first-order valence-corrected chi connectivity index (χ1v) is 9.58. The molecule has 0 N–H and O–H groups in total. The summed E-state index contributed by atoms with van der Waals surface area (Å²) in [7, 11) is 1.67. The molecule has 0 aliphatic heterocycles. The lowest BCUT2D eigenvalue weighted by Gasteiger charge is -2.12. The van der Waals surface area contributed by atoms with Gasteiger partial charge in [0, 0.05) is 17.0 Å². The number of ether oxygens (including phenoxy) is 1. The molecule has 0 aliphatic carbocycles. The van der Waals surface area contributed by atoms with Gasteiger partial charge in [-0.2, -0.15) is 0 Å². The predicted molar refractivity (Wildman–Crippen MR) is 115 cm³/mol. The minimum atomic E-state index is 0.689. The average molecular weight is 389 g/mol. The first-order valence-electron chi connectivity index (χ1n) is 9.20. The molecule has 4 rings (SSSR count). The number of aromatic nitrogens is 2. The number of hydrogen-bond donors (Lipinski definition) is 0. The molecule has 3 aromatic carbocycles. The Bertz CT molecular complexity index is 1140. The van der Waals surface area contributed by atoms with Crippen LogP contribution in [0.15, 0.2) is 60.7 Å². The van der Waals surface area contributed by atoms with Crippen LogP contribution in [0.25, 0.3) is 22.3 Å². The van der Waals surface area contributed by atoms with Crippen molar-refractivity contribution < 1.29 is 4.74 Å².